The second kappa shape index (κ2) is 6.85. The number of nitrogens with one attached hydrogen (secondary N) is 1. The number of sulfonamides is 1. The lowest BCUT2D eigenvalue weighted by Crippen LogP contribution is -2.46. The molecule has 1 fully saturated rings. The maximum absolute atomic E-state index is 15.5. The van der Waals surface area contributed by atoms with Gasteiger partial charge in [0.15, 0.2) is 5.67 Å². The molecular formula is C16H21FN2O3S. The van der Waals surface area contributed by atoms with Crippen molar-refractivity contribution in [2.75, 3.05) is 6.73 Å². The SMILES string of the molecule is [C-]#[N+]COc1ccc(C2(F)CCCC2NS(=O)(=O)C(C)C)cc1. The molecule has 1 aromatic carbocycles. The number of rotatable bonds is 6. The first-order chi connectivity index (χ1) is 10.8. The van der Waals surface area contributed by atoms with E-state index in [1.54, 1.807) is 38.1 Å². The molecule has 23 heavy (non-hydrogen) atoms. The van der Waals surface area contributed by atoms with Crippen molar-refractivity contribution in [2.24, 2.45) is 0 Å². The number of alkyl halides is 1. The van der Waals surface area contributed by atoms with Crippen LogP contribution in [0.1, 0.15) is 38.7 Å². The first-order valence-corrected chi connectivity index (χ1v) is 9.11. The van der Waals surface area contributed by atoms with Crippen molar-refractivity contribution in [3.8, 4) is 5.75 Å². The zero-order valence-corrected chi connectivity index (χ0v) is 14.1. The van der Waals surface area contributed by atoms with E-state index in [1.807, 2.05) is 0 Å². The number of ether oxygens (including phenoxy) is 1. The molecule has 0 saturated heterocycles. The van der Waals surface area contributed by atoms with E-state index < -0.39 is 27.0 Å². The summed E-state index contributed by atoms with van der Waals surface area (Å²) < 4.78 is 47.2. The van der Waals surface area contributed by atoms with Crippen molar-refractivity contribution in [2.45, 2.75) is 50.1 Å². The van der Waals surface area contributed by atoms with E-state index in [-0.39, 0.29) is 13.2 Å². The van der Waals surface area contributed by atoms with Gasteiger partial charge < -0.3 is 4.74 Å². The van der Waals surface area contributed by atoms with Gasteiger partial charge in [0.1, 0.15) is 5.75 Å². The fraction of sp³-hybridized carbons (Fsp3) is 0.562. The Kier molecular flexibility index (Phi) is 5.27. The second-order valence-electron chi connectivity index (χ2n) is 5.97. The molecular weight excluding hydrogens is 319 g/mol. The molecule has 1 aliphatic carbocycles. The zero-order chi connectivity index (χ0) is 17.1. The van der Waals surface area contributed by atoms with Crippen LogP contribution in [0, 0.1) is 6.57 Å². The van der Waals surface area contributed by atoms with E-state index in [0.717, 1.165) is 0 Å². The van der Waals surface area contributed by atoms with Gasteiger partial charge in [0.25, 0.3) is 0 Å². The fourth-order valence-electron chi connectivity index (χ4n) is 2.73. The molecule has 7 heteroatoms. The van der Waals surface area contributed by atoms with Gasteiger partial charge in [0.2, 0.25) is 10.0 Å². The van der Waals surface area contributed by atoms with Gasteiger partial charge in [0, 0.05) is 0 Å². The Balaban J connectivity index is 2.20. The lowest BCUT2D eigenvalue weighted by molar-refractivity contribution is 0.142. The highest BCUT2D eigenvalue weighted by atomic mass is 32.2. The molecule has 0 aliphatic heterocycles. The summed E-state index contributed by atoms with van der Waals surface area (Å²) in [7, 11) is -3.53. The van der Waals surface area contributed by atoms with Gasteiger partial charge in [-0.15, -0.1) is 0 Å². The topological polar surface area (TPSA) is 59.8 Å². The van der Waals surface area contributed by atoms with Crippen LogP contribution in [-0.2, 0) is 15.7 Å². The van der Waals surface area contributed by atoms with Crippen LogP contribution in [0.2, 0.25) is 0 Å². The molecule has 2 unspecified atom stereocenters. The zero-order valence-electron chi connectivity index (χ0n) is 13.3. The fourth-order valence-corrected chi connectivity index (χ4v) is 3.71. The highest BCUT2D eigenvalue weighted by molar-refractivity contribution is 7.90. The molecule has 0 radical (unpaired) electrons. The molecule has 1 N–H and O–H groups in total. The molecule has 1 aliphatic rings. The first kappa shape index (κ1) is 17.7. The van der Waals surface area contributed by atoms with Crippen LogP contribution in [0.3, 0.4) is 0 Å². The van der Waals surface area contributed by atoms with Gasteiger partial charge >= 0.3 is 6.73 Å². The van der Waals surface area contributed by atoms with Gasteiger partial charge in [0.05, 0.1) is 11.3 Å². The van der Waals surface area contributed by atoms with E-state index in [2.05, 4.69) is 9.57 Å². The van der Waals surface area contributed by atoms with Crippen molar-refractivity contribution < 1.29 is 17.5 Å². The minimum Gasteiger partial charge on any atom is -0.426 e. The largest absolute Gasteiger partial charge is 0.426 e. The molecule has 1 aromatic rings. The molecule has 5 nitrogen and oxygen atoms in total. The third-order valence-corrected chi connectivity index (χ3v) is 6.00. The van der Waals surface area contributed by atoms with Crippen LogP contribution >= 0.6 is 0 Å². The molecule has 0 heterocycles. The minimum atomic E-state index is -3.53. The summed E-state index contributed by atoms with van der Waals surface area (Å²) in [6.07, 6.45) is 1.37. The van der Waals surface area contributed by atoms with Gasteiger partial charge in [-0.25, -0.2) is 24.1 Å². The Morgan fingerprint density at radius 2 is 2.09 bits per heavy atom. The smallest absolute Gasteiger partial charge is 0.357 e. The summed E-state index contributed by atoms with van der Waals surface area (Å²) in [5.74, 6) is 0.491. The van der Waals surface area contributed by atoms with Crippen molar-refractivity contribution in [3.05, 3.63) is 41.2 Å². The predicted octanol–water partition coefficient (Wildman–Crippen LogP) is 2.99. The highest BCUT2D eigenvalue weighted by Crippen LogP contribution is 2.43. The van der Waals surface area contributed by atoms with Gasteiger partial charge in [-0.1, -0.05) is 12.1 Å². The van der Waals surface area contributed by atoms with Crippen LogP contribution in [0.15, 0.2) is 24.3 Å². The first-order valence-electron chi connectivity index (χ1n) is 7.56. The van der Waals surface area contributed by atoms with E-state index in [1.165, 1.54) is 0 Å². The Bertz CT molecular complexity index is 682. The van der Waals surface area contributed by atoms with Crippen LogP contribution in [-0.4, -0.2) is 26.4 Å². The average Bonchev–Trinajstić information content (AvgIpc) is 2.87. The third-order valence-electron chi connectivity index (χ3n) is 4.14. The van der Waals surface area contributed by atoms with Gasteiger partial charge in [-0.05, 0) is 50.8 Å². The summed E-state index contributed by atoms with van der Waals surface area (Å²) >= 11 is 0. The summed E-state index contributed by atoms with van der Waals surface area (Å²) in [6.45, 7) is 9.73. The Morgan fingerprint density at radius 1 is 1.43 bits per heavy atom. The number of hydrogen-bond acceptors (Lipinski definition) is 3. The van der Waals surface area contributed by atoms with E-state index >= 15 is 4.39 Å². The molecule has 2 atom stereocenters. The van der Waals surface area contributed by atoms with Crippen LogP contribution in [0.4, 0.5) is 4.39 Å². The maximum atomic E-state index is 15.5. The van der Waals surface area contributed by atoms with Gasteiger partial charge in [-0.2, -0.15) is 0 Å². The molecule has 0 aromatic heterocycles. The average molecular weight is 340 g/mol. The minimum absolute atomic E-state index is 0.0864. The number of nitrogens with zero attached hydrogens (tertiary/aromatic N) is 1. The molecule has 1 saturated carbocycles. The summed E-state index contributed by atoms with van der Waals surface area (Å²) in [4.78, 5) is 3.09. The molecule has 0 spiro atoms. The third kappa shape index (κ3) is 3.82. The van der Waals surface area contributed by atoms with Crippen molar-refractivity contribution in [1.82, 2.24) is 4.72 Å². The molecule has 0 amide bonds. The van der Waals surface area contributed by atoms with Crippen molar-refractivity contribution in [3.63, 3.8) is 0 Å². The maximum Gasteiger partial charge on any atom is 0.357 e. The van der Waals surface area contributed by atoms with Crippen LogP contribution in [0.5, 0.6) is 5.75 Å². The van der Waals surface area contributed by atoms with E-state index in [4.69, 9.17) is 11.3 Å². The Hall–Kier alpha value is -1.65. The Morgan fingerprint density at radius 3 is 2.65 bits per heavy atom. The standard InChI is InChI=1S/C16H21FN2O3S/c1-12(2)23(20,21)19-15-5-4-10-16(15,17)13-6-8-14(9-7-13)22-11-18-3/h6-9,12,15,19H,4-5,10-11H2,1-2H3. The van der Waals surface area contributed by atoms with Crippen LogP contribution < -0.4 is 9.46 Å². The molecule has 2 rings (SSSR count). The second-order valence-corrected chi connectivity index (χ2v) is 8.24. The monoisotopic (exact) mass is 340 g/mol. The van der Waals surface area contributed by atoms with Gasteiger partial charge in [-0.3, -0.25) is 4.85 Å². The number of benzene rings is 1. The highest BCUT2D eigenvalue weighted by Gasteiger charge is 2.46. The number of hydrogen-bond donors (Lipinski definition) is 1. The van der Waals surface area contributed by atoms with E-state index in [0.29, 0.717) is 24.2 Å². The van der Waals surface area contributed by atoms with E-state index in [9.17, 15) is 8.42 Å². The molecule has 0 bridgehead atoms. The lowest BCUT2D eigenvalue weighted by atomic mass is 9.91. The summed E-state index contributed by atoms with van der Waals surface area (Å²) in [5.41, 5.74) is -1.29. The van der Waals surface area contributed by atoms with Crippen LogP contribution in [0.25, 0.3) is 4.85 Å². The number of halogens is 1. The normalized spacial score (nSPS) is 24.6. The quantitative estimate of drug-likeness (QED) is 0.810. The summed E-state index contributed by atoms with van der Waals surface area (Å²) in [6, 6.07) is 5.65. The lowest BCUT2D eigenvalue weighted by Gasteiger charge is -2.29. The summed E-state index contributed by atoms with van der Waals surface area (Å²) in [5, 5.41) is -0.600. The predicted molar refractivity (Wildman–Crippen MR) is 86.2 cm³/mol. The van der Waals surface area contributed by atoms with Crippen molar-refractivity contribution in [1.29, 1.82) is 0 Å². The van der Waals surface area contributed by atoms with Crippen molar-refractivity contribution >= 4 is 10.0 Å². The Labute approximate surface area is 136 Å². The molecule has 126 valence electrons.